The monoisotopic (exact) mass is 519 g/mol. The number of alkyl halides is 1. The molecule has 158 valence electrons. The molecule has 1 N–H and O–H groups in total. The Labute approximate surface area is 193 Å². The Hall–Kier alpha value is -0.120. The molecule has 0 radical (unpaired) electrons. The summed E-state index contributed by atoms with van der Waals surface area (Å²) in [5, 5.41) is 3.92. The first kappa shape index (κ1) is 20.8. The van der Waals surface area contributed by atoms with Crippen LogP contribution in [0.1, 0.15) is 76.3 Å². The molecule has 5 rings (SSSR count). The molecule has 3 aliphatic carbocycles. The minimum atomic E-state index is 0.533. The van der Waals surface area contributed by atoms with E-state index in [1.165, 1.54) is 48.6 Å². The van der Waals surface area contributed by atoms with E-state index in [1.807, 2.05) is 0 Å². The Morgan fingerprint density at radius 1 is 1.03 bits per heavy atom. The summed E-state index contributed by atoms with van der Waals surface area (Å²) in [4.78, 5) is 0.533. The van der Waals surface area contributed by atoms with Gasteiger partial charge in [0, 0.05) is 16.4 Å². The molecular weight excluding hydrogens is 486 g/mol. The van der Waals surface area contributed by atoms with E-state index in [-0.39, 0.29) is 0 Å². The van der Waals surface area contributed by atoms with Gasteiger partial charge in [0.1, 0.15) is 0 Å². The Bertz CT molecular complexity index is 800. The third-order valence-electron chi connectivity index (χ3n) is 9.19. The van der Waals surface area contributed by atoms with Crippen LogP contribution >= 0.6 is 31.9 Å². The molecule has 0 bridgehead atoms. The zero-order valence-corrected chi connectivity index (χ0v) is 21.2. The topological polar surface area (TPSA) is 12.0 Å². The molecule has 3 heteroatoms. The van der Waals surface area contributed by atoms with Gasteiger partial charge in [-0.2, -0.15) is 0 Å². The fourth-order valence-corrected chi connectivity index (χ4v) is 8.86. The van der Waals surface area contributed by atoms with Gasteiger partial charge in [-0.05, 0) is 98.1 Å². The van der Waals surface area contributed by atoms with Gasteiger partial charge in [-0.25, -0.2) is 0 Å². The second-order valence-corrected chi connectivity index (χ2v) is 12.5. The van der Waals surface area contributed by atoms with Gasteiger partial charge in [0.25, 0.3) is 0 Å². The summed E-state index contributed by atoms with van der Waals surface area (Å²) in [6.45, 7) is 7.48. The number of allylic oxidation sites excluding steroid dienone is 1. The Morgan fingerprint density at radius 2 is 1.86 bits per heavy atom. The highest BCUT2D eigenvalue weighted by Crippen LogP contribution is 2.56. The number of piperidine rings is 1. The van der Waals surface area contributed by atoms with E-state index in [9.17, 15) is 0 Å². The molecule has 1 aromatic carbocycles. The maximum absolute atomic E-state index is 3.92. The minimum absolute atomic E-state index is 0.533. The van der Waals surface area contributed by atoms with E-state index in [4.69, 9.17) is 0 Å². The minimum Gasteiger partial charge on any atom is -0.302 e. The molecule has 4 aliphatic rings. The second kappa shape index (κ2) is 8.10. The van der Waals surface area contributed by atoms with Crippen molar-refractivity contribution in [1.29, 1.82) is 0 Å². The van der Waals surface area contributed by atoms with Crippen LogP contribution in [-0.2, 0) is 0 Å². The number of benzene rings is 1. The molecule has 2 saturated carbocycles. The van der Waals surface area contributed by atoms with Crippen LogP contribution < -0.4 is 5.32 Å². The van der Waals surface area contributed by atoms with Crippen molar-refractivity contribution < 1.29 is 0 Å². The van der Waals surface area contributed by atoms with Gasteiger partial charge >= 0.3 is 0 Å². The molecule has 3 fully saturated rings. The van der Waals surface area contributed by atoms with Crippen LogP contribution in [0.3, 0.4) is 0 Å². The summed E-state index contributed by atoms with van der Waals surface area (Å²) < 4.78 is 1.26. The van der Waals surface area contributed by atoms with Crippen molar-refractivity contribution in [2.75, 3.05) is 0 Å². The summed E-state index contributed by atoms with van der Waals surface area (Å²) in [5.41, 5.74) is 4.53. The SMILES string of the molecule is CC1=Cc2c(Br)cccc2C1CCC1C(C)CC2C(C)C3CCC(Br)NC3CC12. The van der Waals surface area contributed by atoms with Crippen molar-refractivity contribution in [2.45, 2.75) is 76.2 Å². The highest BCUT2D eigenvalue weighted by atomic mass is 79.9. The Balaban J connectivity index is 1.31. The fraction of sp³-hybridized carbons (Fsp3) is 0.692. The molecule has 1 nitrogen and oxygen atoms in total. The summed E-state index contributed by atoms with van der Waals surface area (Å²) in [6, 6.07) is 7.49. The molecule has 1 heterocycles. The van der Waals surface area contributed by atoms with Crippen molar-refractivity contribution in [1.82, 2.24) is 5.32 Å². The lowest BCUT2D eigenvalue weighted by Gasteiger charge is -2.49. The van der Waals surface area contributed by atoms with E-state index in [0.717, 1.165) is 41.5 Å². The number of hydrogen-bond acceptors (Lipinski definition) is 1. The molecule has 9 atom stereocenters. The van der Waals surface area contributed by atoms with Crippen molar-refractivity contribution in [3.05, 3.63) is 39.4 Å². The highest BCUT2D eigenvalue weighted by Gasteiger charge is 2.51. The molecule has 0 spiro atoms. The maximum atomic E-state index is 3.92. The van der Waals surface area contributed by atoms with Crippen LogP contribution in [0.2, 0.25) is 0 Å². The van der Waals surface area contributed by atoms with E-state index in [1.54, 1.807) is 11.1 Å². The van der Waals surface area contributed by atoms with Crippen LogP contribution in [0.15, 0.2) is 28.2 Å². The van der Waals surface area contributed by atoms with Crippen LogP contribution in [0.25, 0.3) is 6.08 Å². The first-order valence-corrected chi connectivity index (χ1v) is 13.5. The number of halogens is 2. The molecule has 0 aromatic heterocycles. The van der Waals surface area contributed by atoms with E-state index < -0.39 is 0 Å². The largest absolute Gasteiger partial charge is 0.302 e. The number of fused-ring (bicyclic) bond motifs is 3. The predicted molar refractivity (Wildman–Crippen MR) is 130 cm³/mol. The average molecular weight is 521 g/mol. The molecule has 0 amide bonds. The highest BCUT2D eigenvalue weighted by molar-refractivity contribution is 9.10. The summed E-state index contributed by atoms with van der Waals surface area (Å²) in [7, 11) is 0. The van der Waals surface area contributed by atoms with Crippen LogP contribution in [0.5, 0.6) is 0 Å². The van der Waals surface area contributed by atoms with Gasteiger partial charge in [0.15, 0.2) is 0 Å². The van der Waals surface area contributed by atoms with Crippen molar-refractivity contribution in [3.63, 3.8) is 0 Å². The number of rotatable bonds is 3. The Kier molecular flexibility index (Phi) is 5.80. The van der Waals surface area contributed by atoms with Gasteiger partial charge in [-0.3, -0.25) is 0 Å². The third kappa shape index (κ3) is 3.61. The van der Waals surface area contributed by atoms with Gasteiger partial charge in [-0.1, -0.05) is 69.5 Å². The zero-order chi connectivity index (χ0) is 20.3. The maximum Gasteiger partial charge on any atom is 0.0632 e. The smallest absolute Gasteiger partial charge is 0.0632 e. The normalized spacial score (nSPS) is 43.5. The molecule has 1 saturated heterocycles. The van der Waals surface area contributed by atoms with Crippen molar-refractivity contribution in [3.8, 4) is 0 Å². The van der Waals surface area contributed by atoms with Crippen molar-refractivity contribution in [2.24, 2.45) is 35.5 Å². The fourth-order valence-electron chi connectivity index (χ4n) is 7.76. The number of nitrogens with one attached hydrogen (secondary N) is 1. The van der Waals surface area contributed by atoms with E-state index in [2.05, 4.69) is 82.2 Å². The summed E-state index contributed by atoms with van der Waals surface area (Å²) in [5.74, 6) is 6.11. The van der Waals surface area contributed by atoms with Crippen LogP contribution in [0, 0.1) is 35.5 Å². The average Bonchev–Trinajstić information content (AvgIpc) is 3.17. The van der Waals surface area contributed by atoms with E-state index in [0.29, 0.717) is 10.9 Å². The summed E-state index contributed by atoms with van der Waals surface area (Å²) >= 11 is 7.61. The first-order valence-electron chi connectivity index (χ1n) is 11.8. The molecule has 1 aliphatic heterocycles. The molecule has 1 aromatic rings. The van der Waals surface area contributed by atoms with Gasteiger partial charge in [0.05, 0.1) is 4.95 Å². The zero-order valence-electron chi connectivity index (χ0n) is 18.0. The molecule has 29 heavy (non-hydrogen) atoms. The second-order valence-electron chi connectivity index (χ2n) is 10.5. The lowest BCUT2D eigenvalue weighted by molar-refractivity contribution is 0.0441. The first-order chi connectivity index (χ1) is 13.9. The van der Waals surface area contributed by atoms with Gasteiger partial charge in [0.2, 0.25) is 0 Å². The predicted octanol–water partition coefficient (Wildman–Crippen LogP) is 7.75. The quantitative estimate of drug-likeness (QED) is 0.317. The van der Waals surface area contributed by atoms with Gasteiger partial charge in [-0.15, -0.1) is 0 Å². The lowest BCUT2D eigenvalue weighted by atomic mass is 9.62. The van der Waals surface area contributed by atoms with Gasteiger partial charge < -0.3 is 5.32 Å². The Morgan fingerprint density at radius 3 is 2.69 bits per heavy atom. The number of hydrogen-bond donors (Lipinski definition) is 1. The lowest BCUT2D eigenvalue weighted by Crippen LogP contribution is -2.53. The van der Waals surface area contributed by atoms with Crippen molar-refractivity contribution >= 4 is 37.9 Å². The molecule has 9 unspecified atom stereocenters. The molecular formula is C26H35Br2N. The standard InChI is InChI=1S/C26H35Br2N/c1-14-11-21-16(3)19-9-10-26(28)29-25(19)13-22(21)18(14)8-7-17-15(2)12-23-20(17)5-4-6-24(23)27/h4-6,12,14,16-19,21-22,25-26,29H,7-11,13H2,1-3H3. The van der Waals surface area contributed by atoms with E-state index >= 15 is 0 Å². The van der Waals surface area contributed by atoms with Crippen LogP contribution in [0.4, 0.5) is 0 Å². The third-order valence-corrected chi connectivity index (χ3v) is 10.6. The summed E-state index contributed by atoms with van der Waals surface area (Å²) in [6.07, 6.45) is 10.7. The van der Waals surface area contributed by atoms with Crippen LogP contribution in [-0.4, -0.2) is 11.0 Å².